The highest BCUT2D eigenvalue weighted by molar-refractivity contribution is 7.98. The smallest absolute Gasteiger partial charge is 0.269 e. The fraction of sp³-hybridized carbons (Fsp3) is 0.143. The van der Waals surface area contributed by atoms with Gasteiger partial charge in [-0.2, -0.15) is 0 Å². The second kappa shape index (κ2) is 5.94. The Balaban J connectivity index is 1.88. The Bertz CT molecular complexity index is 865. The third-order valence-electron chi connectivity index (χ3n) is 3.21. The lowest BCUT2D eigenvalue weighted by Gasteiger charge is -2.05. The van der Waals surface area contributed by atoms with E-state index in [0.29, 0.717) is 16.3 Å². The maximum atomic E-state index is 10.8. The van der Waals surface area contributed by atoms with Gasteiger partial charge in [-0.15, -0.1) is 0 Å². The Labute approximate surface area is 135 Å². The van der Waals surface area contributed by atoms with Gasteiger partial charge in [0.2, 0.25) is 0 Å². The van der Waals surface area contributed by atoms with Gasteiger partial charge >= 0.3 is 0 Å². The van der Waals surface area contributed by atoms with E-state index in [1.165, 1.54) is 23.9 Å². The normalized spacial score (nSPS) is 11.0. The first-order chi connectivity index (χ1) is 10.6. The highest BCUT2D eigenvalue weighted by Crippen LogP contribution is 2.31. The van der Waals surface area contributed by atoms with Crippen LogP contribution in [0.2, 0.25) is 5.02 Å². The SMILES string of the molecule is Cn1cnc2c(SCc3cc([N+](=O)[O-])ccc3Cl)nccc21. The molecule has 0 saturated carbocycles. The number of non-ortho nitro benzene ring substituents is 1. The number of hydrogen-bond acceptors (Lipinski definition) is 5. The Morgan fingerprint density at radius 2 is 2.18 bits per heavy atom. The molecule has 2 aromatic heterocycles. The molecule has 0 atom stereocenters. The number of fused-ring (bicyclic) bond motifs is 1. The first kappa shape index (κ1) is 14.8. The fourth-order valence-electron chi connectivity index (χ4n) is 2.07. The Morgan fingerprint density at radius 3 is 2.95 bits per heavy atom. The molecule has 0 fully saturated rings. The molecule has 0 amide bonds. The minimum atomic E-state index is -0.428. The van der Waals surface area contributed by atoms with E-state index in [1.807, 2.05) is 17.7 Å². The van der Waals surface area contributed by atoms with Crippen LogP contribution in [0.25, 0.3) is 11.0 Å². The zero-order valence-corrected chi connectivity index (χ0v) is 13.1. The van der Waals surface area contributed by atoms with Crippen LogP contribution >= 0.6 is 23.4 Å². The van der Waals surface area contributed by atoms with Crippen molar-refractivity contribution in [2.75, 3.05) is 0 Å². The molecule has 0 radical (unpaired) electrons. The van der Waals surface area contributed by atoms with E-state index in [0.717, 1.165) is 16.1 Å². The average molecular weight is 335 g/mol. The minimum absolute atomic E-state index is 0.0315. The summed E-state index contributed by atoms with van der Waals surface area (Å²) in [5.41, 5.74) is 2.54. The molecular formula is C14H11ClN4O2S. The van der Waals surface area contributed by atoms with Gasteiger partial charge in [-0.25, -0.2) is 9.97 Å². The Morgan fingerprint density at radius 1 is 1.36 bits per heavy atom. The Kier molecular flexibility index (Phi) is 4.00. The first-order valence-corrected chi connectivity index (χ1v) is 7.74. The lowest BCUT2D eigenvalue weighted by Crippen LogP contribution is -1.91. The fourth-order valence-corrected chi connectivity index (χ4v) is 3.30. The number of pyridine rings is 1. The largest absolute Gasteiger partial charge is 0.334 e. The van der Waals surface area contributed by atoms with Gasteiger partial charge in [-0.05, 0) is 17.7 Å². The molecule has 0 spiro atoms. The van der Waals surface area contributed by atoms with Crippen LogP contribution in [-0.4, -0.2) is 19.5 Å². The van der Waals surface area contributed by atoms with Gasteiger partial charge in [0.25, 0.3) is 5.69 Å². The summed E-state index contributed by atoms with van der Waals surface area (Å²) in [5.74, 6) is 0.489. The van der Waals surface area contributed by atoms with Gasteiger partial charge in [-0.3, -0.25) is 10.1 Å². The van der Waals surface area contributed by atoms with Crippen LogP contribution in [-0.2, 0) is 12.8 Å². The predicted molar refractivity (Wildman–Crippen MR) is 86.2 cm³/mol. The molecule has 112 valence electrons. The summed E-state index contributed by atoms with van der Waals surface area (Å²) in [6, 6.07) is 6.33. The second-order valence-electron chi connectivity index (χ2n) is 4.66. The molecule has 0 aliphatic heterocycles. The van der Waals surface area contributed by atoms with E-state index in [4.69, 9.17) is 11.6 Å². The van der Waals surface area contributed by atoms with Gasteiger partial charge in [-0.1, -0.05) is 23.4 Å². The first-order valence-electron chi connectivity index (χ1n) is 6.38. The number of nitrogens with zero attached hydrogens (tertiary/aromatic N) is 4. The summed E-state index contributed by atoms with van der Waals surface area (Å²) >= 11 is 7.57. The topological polar surface area (TPSA) is 73.8 Å². The van der Waals surface area contributed by atoms with Crippen molar-refractivity contribution in [1.29, 1.82) is 0 Å². The molecule has 0 bridgehead atoms. The highest BCUT2D eigenvalue weighted by Gasteiger charge is 2.12. The molecule has 22 heavy (non-hydrogen) atoms. The summed E-state index contributed by atoms with van der Waals surface area (Å²) in [5, 5.41) is 12.1. The number of benzene rings is 1. The summed E-state index contributed by atoms with van der Waals surface area (Å²) in [4.78, 5) is 19.1. The van der Waals surface area contributed by atoms with Crippen molar-refractivity contribution in [2.45, 2.75) is 10.8 Å². The summed E-state index contributed by atoms with van der Waals surface area (Å²) in [6.45, 7) is 0. The maximum absolute atomic E-state index is 10.8. The van der Waals surface area contributed by atoms with Crippen molar-refractivity contribution >= 4 is 40.1 Å². The lowest BCUT2D eigenvalue weighted by molar-refractivity contribution is -0.384. The molecule has 0 unspecified atom stereocenters. The number of nitro groups is 1. The van der Waals surface area contributed by atoms with Crippen LogP contribution in [0, 0.1) is 10.1 Å². The van der Waals surface area contributed by atoms with Crippen LogP contribution in [0.15, 0.2) is 41.8 Å². The molecule has 8 heteroatoms. The molecule has 0 aliphatic rings. The summed E-state index contributed by atoms with van der Waals surface area (Å²) < 4.78 is 1.92. The van der Waals surface area contributed by atoms with Gasteiger partial charge < -0.3 is 4.57 Å². The zero-order valence-electron chi connectivity index (χ0n) is 11.6. The van der Waals surface area contributed by atoms with E-state index in [9.17, 15) is 10.1 Å². The van der Waals surface area contributed by atoms with Gasteiger partial charge in [0, 0.05) is 36.2 Å². The average Bonchev–Trinajstić information content (AvgIpc) is 2.88. The number of nitro benzene ring substituents is 1. The van der Waals surface area contributed by atoms with Crippen molar-refractivity contribution in [3.63, 3.8) is 0 Å². The number of hydrogen-bond donors (Lipinski definition) is 0. The number of halogens is 1. The van der Waals surface area contributed by atoms with Crippen LogP contribution in [0.5, 0.6) is 0 Å². The molecule has 0 saturated heterocycles. The molecule has 0 N–H and O–H groups in total. The van der Waals surface area contributed by atoms with Crippen molar-refractivity contribution in [2.24, 2.45) is 7.05 Å². The molecule has 0 aliphatic carbocycles. The van der Waals surface area contributed by atoms with Crippen molar-refractivity contribution in [1.82, 2.24) is 14.5 Å². The minimum Gasteiger partial charge on any atom is -0.334 e. The molecule has 3 aromatic rings. The molecule has 6 nitrogen and oxygen atoms in total. The summed E-state index contributed by atoms with van der Waals surface area (Å²) in [6.07, 6.45) is 3.46. The number of thioether (sulfide) groups is 1. The predicted octanol–water partition coefficient (Wildman–Crippen LogP) is 3.82. The molecule has 3 rings (SSSR count). The Hall–Kier alpha value is -2.12. The highest BCUT2D eigenvalue weighted by atomic mass is 35.5. The van der Waals surface area contributed by atoms with E-state index in [-0.39, 0.29) is 5.69 Å². The summed E-state index contributed by atoms with van der Waals surface area (Å²) in [7, 11) is 1.92. The van der Waals surface area contributed by atoms with Gasteiger partial charge in [0.15, 0.2) is 0 Å². The zero-order chi connectivity index (χ0) is 15.7. The van der Waals surface area contributed by atoms with Gasteiger partial charge in [0.1, 0.15) is 10.5 Å². The molecule has 1 aromatic carbocycles. The lowest BCUT2D eigenvalue weighted by atomic mass is 10.2. The van der Waals surface area contributed by atoms with E-state index in [2.05, 4.69) is 9.97 Å². The number of aromatic nitrogens is 3. The van der Waals surface area contributed by atoms with Gasteiger partial charge in [0.05, 0.1) is 16.8 Å². The van der Waals surface area contributed by atoms with E-state index >= 15 is 0 Å². The quantitative estimate of drug-likeness (QED) is 0.412. The second-order valence-corrected chi connectivity index (χ2v) is 6.03. The van der Waals surface area contributed by atoms with Crippen LogP contribution in [0.3, 0.4) is 0 Å². The van der Waals surface area contributed by atoms with Crippen molar-refractivity contribution in [3.05, 3.63) is 57.5 Å². The standard InChI is InChI=1S/C14H11ClN4O2S/c1-18-8-17-13-12(18)4-5-16-14(13)22-7-9-6-10(19(20)21)2-3-11(9)15/h2-6,8H,7H2,1H3. The number of aryl methyl sites for hydroxylation is 1. The van der Waals surface area contributed by atoms with Crippen LogP contribution < -0.4 is 0 Å². The monoisotopic (exact) mass is 334 g/mol. The van der Waals surface area contributed by atoms with E-state index in [1.54, 1.807) is 18.6 Å². The molecular weight excluding hydrogens is 324 g/mol. The number of imidazole rings is 1. The maximum Gasteiger partial charge on any atom is 0.269 e. The van der Waals surface area contributed by atoms with E-state index < -0.39 is 4.92 Å². The third-order valence-corrected chi connectivity index (χ3v) is 4.61. The van der Waals surface area contributed by atoms with Crippen LogP contribution in [0.1, 0.15) is 5.56 Å². The van der Waals surface area contributed by atoms with Crippen molar-refractivity contribution < 1.29 is 4.92 Å². The molecule has 2 heterocycles. The number of rotatable bonds is 4. The van der Waals surface area contributed by atoms with Crippen LogP contribution in [0.4, 0.5) is 5.69 Å². The van der Waals surface area contributed by atoms with Crippen molar-refractivity contribution in [3.8, 4) is 0 Å². The third kappa shape index (κ3) is 2.77.